The highest BCUT2D eigenvalue weighted by molar-refractivity contribution is 4.83. The van der Waals surface area contributed by atoms with Crippen LogP contribution in [-0.4, -0.2) is 11.2 Å². The minimum absolute atomic E-state index is 0.0249. The van der Waals surface area contributed by atoms with E-state index in [-0.39, 0.29) is 6.10 Å². The van der Waals surface area contributed by atoms with Crippen LogP contribution < -0.4 is 0 Å². The molecule has 0 heterocycles. The smallest absolute Gasteiger partial charge is 0.0594 e. The van der Waals surface area contributed by atoms with E-state index in [2.05, 4.69) is 20.8 Å². The molecule has 1 aliphatic rings. The minimum atomic E-state index is -0.0249. The van der Waals surface area contributed by atoms with Crippen molar-refractivity contribution in [3.63, 3.8) is 0 Å². The summed E-state index contributed by atoms with van der Waals surface area (Å²) in [6, 6.07) is 0. The Morgan fingerprint density at radius 3 is 2.29 bits per heavy atom. The summed E-state index contributed by atoms with van der Waals surface area (Å²) in [7, 11) is 0. The van der Waals surface area contributed by atoms with Gasteiger partial charge in [0.05, 0.1) is 6.10 Å². The Bertz CT molecular complexity index is 155. The zero-order valence-electron chi connectivity index (χ0n) is 10.00. The first-order valence-electron chi connectivity index (χ1n) is 6.37. The molecule has 1 aliphatic carbocycles. The van der Waals surface area contributed by atoms with Crippen molar-refractivity contribution in [2.75, 3.05) is 0 Å². The van der Waals surface area contributed by atoms with Crippen LogP contribution in [0.1, 0.15) is 59.3 Å². The van der Waals surface area contributed by atoms with Gasteiger partial charge in [-0.1, -0.05) is 40.0 Å². The number of aliphatic hydroxyl groups is 1. The molecule has 84 valence electrons. The van der Waals surface area contributed by atoms with E-state index in [1.807, 2.05) is 0 Å². The largest absolute Gasteiger partial charge is 0.393 e. The van der Waals surface area contributed by atoms with Crippen molar-refractivity contribution in [3.05, 3.63) is 0 Å². The van der Waals surface area contributed by atoms with Gasteiger partial charge in [-0.25, -0.2) is 0 Å². The van der Waals surface area contributed by atoms with Crippen LogP contribution in [0.25, 0.3) is 0 Å². The highest BCUT2D eigenvalue weighted by Gasteiger charge is 2.32. The van der Waals surface area contributed by atoms with Crippen molar-refractivity contribution in [2.45, 2.75) is 65.4 Å². The molecule has 4 unspecified atom stereocenters. The SMILES string of the molecule is CCCC1CC(C)C(O)C(CCC)C1. The number of hydrogen-bond donors (Lipinski definition) is 1. The molecule has 1 nitrogen and oxygen atoms in total. The first kappa shape index (κ1) is 12.0. The molecule has 1 N–H and O–H groups in total. The maximum atomic E-state index is 10.1. The van der Waals surface area contributed by atoms with E-state index >= 15 is 0 Å². The Labute approximate surface area is 88.9 Å². The van der Waals surface area contributed by atoms with Crippen molar-refractivity contribution in [1.82, 2.24) is 0 Å². The summed E-state index contributed by atoms with van der Waals surface area (Å²) in [4.78, 5) is 0. The summed E-state index contributed by atoms with van der Waals surface area (Å²) >= 11 is 0. The van der Waals surface area contributed by atoms with E-state index < -0.39 is 0 Å². The third-order valence-electron chi connectivity index (χ3n) is 3.76. The fourth-order valence-electron chi connectivity index (χ4n) is 3.10. The van der Waals surface area contributed by atoms with Gasteiger partial charge >= 0.3 is 0 Å². The van der Waals surface area contributed by atoms with Gasteiger partial charge in [0, 0.05) is 0 Å². The van der Waals surface area contributed by atoms with E-state index in [1.54, 1.807) is 0 Å². The van der Waals surface area contributed by atoms with Crippen LogP contribution in [0, 0.1) is 17.8 Å². The molecule has 14 heavy (non-hydrogen) atoms. The van der Waals surface area contributed by atoms with Crippen LogP contribution in [0.5, 0.6) is 0 Å². The summed E-state index contributed by atoms with van der Waals surface area (Å²) in [5.74, 6) is 1.99. The van der Waals surface area contributed by atoms with Gasteiger partial charge in [0.15, 0.2) is 0 Å². The van der Waals surface area contributed by atoms with Crippen LogP contribution in [0.15, 0.2) is 0 Å². The van der Waals surface area contributed by atoms with Gasteiger partial charge in [0.2, 0.25) is 0 Å². The number of rotatable bonds is 4. The number of aliphatic hydroxyl groups excluding tert-OH is 1. The van der Waals surface area contributed by atoms with E-state index in [0.29, 0.717) is 11.8 Å². The predicted molar refractivity (Wildman–Crippen MR) is 61.2 cm³/mol. The Morgan fingerprint density at radius 2 is 1.71 bits per heavy atom. The van der Waals surface area contributed by atoms with E-state index in [1.165, 1.54) is 38.5 Å². The van der Waals surface area contributed by atoms with Crippen LogP contribution in [0.2, 0.25) is 0 Å². The Balaban J connectivity index is 2.47. The molecule has 0 aromatic heterocycles. The fraction of sp³-hybridized carbons (Fsp3) is 1.00. The molecule has 0 radical (unpaired) electrons. The van der Waals surface area contributed by atoms with Gasteiger partial charge in [0.1, 0.15) is 0 Å². The summed E-state index contributed by atoms with van der Waals surface area (Å²) in [6.45, 7) is 6.71. The number of hydrogen-bond acceptors (Lipinski definition) is 1. The molecule has 0 spiro atoms. The zero-order valence-corrected chi connectivity index (χ0v) is 10.00. The third kappa shape index (κ3) is 2.98. The minimum Gasteiger partial charge on any atom is -0.393 e. The maximum Gasteiger partial charge on any atom is 0.0594 e. The zero-order chi connectivity index (χ0) is 10.6. The maximum absolute atomic E-state index is 10.1. The average Bonchev–Trinajstić information content (AvgIpc) is 2.14. The molecular formula is C13H26O. The molecular weight excluding hydrogens is 172 g/mol. The second kappa shape index (κ2) is 5.75. The quantitative estimate of drug-likeness (QED) is 0.731. The second-order valence-corrected chi connectivity index (χ2v) is 5.14. The van der Waals surface area contributed by atoms with Crippen LogP contribution in [-0.2, 0) is 0 Å². The highest BCUT2D eigenvalue weighted by Crippen LogP contribution is 2.37. The summed E-state index contributed by atoms with van der Waals surface area (Å²) < 4.78 is 0. The van der Waals surface area contributed by atoms with Gasteiger partial charge in [-0.05, 0) is 37.0 Å². The van der Waals surface area contributed by atoms with Crippen LogP contribution in [0.3, 0.4) is 0 Å². The molecule has 0 saturated heterocycles. The van der Waals surface area contributed by atoms with Crippen molar-refractivity contribution in [2.24, 2.45) is 17.8 Å². The topological polar surface area (TPSA) is 20.2 Å². The first-order chi connectivity index (χ1) is 6.69. The normalized spacial score (nSPS) is 38.6. The van der Waals surface area contributed by atoms with Crippen LogP contribution >= 0.6 is 0 Å². The fourth-order valence-corrected chi connectivity index (χ4v) is 3.10. The molecule has 1 fully saturated rings. The lowest BCUT2D eigenvalue weighted by molar-refractivity contribution is -0.00192. The lowest BCUT2D eigenvalue weighted by Crippen LogP contribution is -2.35. The van der Waals surface area contributed by atoms with Crippen LogP contribution in [0.4, 0.5) is 0 Å². The molecule has 0 aromatic rings. The van der Waals surface area contributed by atoms with Gasteiger partial charge in [-0.15, -0.1) is 0 Å². The molecule has 1 heteroatoms. The van der Waals surface area contributed by atoms with E-state index in [9.17, 15) is 5.11 Å². The molecule has 0 bridgehead atoms. The summed E-state index contributed by atoms with van der Waals surface area (Å²) in [6.07, 6.45) is 7.58. The van der Waals surface area contributed by atoms with Gasteiger partial charge in [0.25, 0.3) is 0 Å². The lowest BCUT2D eigenvalue weighted by atomic mass is 9.71. The van der Waals surface area contributed by atoms with Crippen molar-refractivity contribution >= 4 is 0 Å². The molecule has 0 aromatic carbocycles. The highest BCUT2D eigenvalue weighted by atomic mass is 16.3. The Kier molecular flexibility index (Phi) is 4.94. The van der Waals surface area contributed by atoms with Gasteiger partial charge in [-0.3, -0.25) is 0 Å². The summed E-state index contributed by atoms with van der Waals surface area (Å²) in [5.41, 5.74) is 0. The molecule has 0 aliphatic heterocycles. The molecule has 4 atom stereocenters. The second-order valence-electron chi connectivity index (χ2n) is 5.14. The standard InChI is InChI=1S/C13H26O/c1-4-6-11-8-10(3)13(14)12(9-11)7-5-2/h10-14H,4-9H2,1-3H3. The Hall–Kier alpha value is -0.0400. The van der Waals surface area contributed by atoms with Gasteiger partial charge < -0.3 is 5.11 Å². The Morgan fingerprint density at radius 1 is 1.07 bits per heavy atom. The average molecular weight is 198 g/mol. The first-order valence-corrected chi connectivity index (χ1v) is 6.37. The summed E-state index contributed by atoms with van der Waals surface area (Å²) in [5, 5.41) is 10.1. The lowest BCUT2D eigenvalue weighted by Gasteiger charge is -2.38. The molecule has 1 rings (SSSR count). The van der Waals surface area contributed by atoms with Crippen molar-refractivity contribution in [3.8, 4) is 0 Å². The third-order valence-corrected chi connectivity index (χ3v) is 3.76. The van der Waals surface area contributed by atoms with Crippen molar-refractivity contribution < 1.29 is 5.11 Å². The monoisotopic (exact) mass is 198 g/mol. The molecule has 0 amide bonds. The van der Waals surface area contributed by atoms with E-state index in [0.717, 1.165) is 5.92 Å². The van der Waals surface area contributed by atoms with E-state index in [4.69, 9.17) is 0 Å². The molecule has 1 saturated carbocycles. The van der Waals surface area contributed by atoms with Gasteiger partial charge in [-0.2, -0.15) is 0 Å². The van der Waals surface area contributed by atoms with Crippen molar-refractivity contribution in [1.29, 1.82) is 0 Å². The predicted octanol–water partition coefficient (Wildman–Crippen LogP) is 3.61.